The van der Waals surface area contributed by atoms with Crippen LogP contribution in [0.2, 0.25) is 0 Å². The van der Waals surface area contributed by atoms with Crippen molar-refractivity contribution in [1.29, 1.82) is 0 Å². The minimum Gasteiger partial charge on any atom is -0.494 e. The third-order valence-electron chi connectivity index (χ3n) is 5.82. The van der Waals surface area contributed by atoms with Gasteiger partial charge in [0.15, 0.2) is 0 Å². The van der Waals surface area contributed by atoms with E-state index in [1.54, 1.807) is 25.3 Å². The molecular weight excluding hydrogens is 380 g/mol. The van der Waals surface area contributed by atoms with E-state index in [2.05, 4.69) is 50.4 Å². The summed E-state index contributed by atoms with van der Waals surface area (Å²) < 4.78 is 6.94. The molecule has 30 heavy (non-hydrogen) atoms. The lowest BCUT2D eigenvalue weighted by molar-refractivity contribution is 0.240. The summed E-state index contributed by atoms with van der Waals surface area (Å²) >= 11 is 0. The van der Waals surface area contributed by atoms with Crippen LogP contribution in [0.5, 0.6) is 5.75 Å². The van der Waals surface area contributed by atoms with Gasteiger partial charge >= 0.3 is 6.03 Å². The Morgan fingerprint density at radius 2 is 1.93 bits per heavy atom. The number of ether oxygens (including phenoxy) is 1. The van der Waals surface area contributed by atoms with Crippen LogP contribution < -0.4 is 15.4 Å². The number of urea groups is 1. The molecule has 1 aromatic heterocycles. The highest BCUT2D eigenvalue weighted by Gasteiger charge is 2.34. The number of tetrazole rings is 1. The van der Waals surface area contributed by atoms with Gasteiger partial charge in [0.25, 0.3) is 0 Å². The van der Waals surface area contributed by atoms with E-state index in [1.807, 2.05) is 6.07 Å². The average molecular weight is 406 g/mol. The molecule has 1 fully saturated rings. The molecule has 156 valence electrons. The number of nitrogens with one attached hydrogen (secondary N) is 2. The Hall–Kier alpha value is -3.42. The van der Waals surface area contributed by atoms with Crippen molar-refractivity contribution >= 4 is 11.7 Å². The van der Waals surface area contributed by atoms with Gasteiger partial charge in [-0.1, -0.05) is 49.6 Å². The maximum absolute atomic E-state index is 12.6. The van der Waals surface area contributed by atoms with Crippen molar-refractivity contribution in [2.24, 2.45) is 0 Å². The molecule has 1 aliphatic carbocycles. The number of methoxy groups -OCH3 is 1. The van der Waals surface area contributed by atoms with E-state index in [4.69, 9.17) is 4.74 Å². The number of anilines is 1. The van der Waals surface area contributed by atoms with Gasteiger partial charge < -0.3 is 15.4 Å². The first-order valence-corrected chi connectivity index (χ1v) is 10.2. The molecule has 2 aromatic carbocycles. The third-order valence-corrected chi connectivity index (χ3v) is 5.82. The normalized spacial score (nSPS) is 15.4. The Morgan fingerprint density at radius 1 is 1.13 bits per heavy atom. The lowest BCUT2D eigenvalue weighted by Gasteiger charge is -2.38. The van der Waals surface area contributed by atoms with E-state index in [1.165, 1.54) is 35.8 Å². The SMILES string of the molecule is COc1cc(NC(=O)NCC2(c3ccccc3)CCCCC2)ccc1-n1cnnn1. The molecule has 0 atom stereocenters. The molecule has 0 radical (unpaired) electrons. The molecule has 1 saturated carbocycles. The molecule has 1 aliphatic rings. The van der Waals surface area contributed by atoms with E-state index >= 15 is 0 Å². The highest BCUT2D eigenvalue weighted by Crippen LogP contribution is 2.39. The smallest absolute Gasteiger partial charge is 0.319 e. The number of amides is 2. The van der Waals surface area contributed by atoms with Crippen LogP contribution in [0.25, 0.3) is 5.69 Å². The van der Waals surface area contributed by atoms with Crippen molar-refractivity contribution < 1.29 is 9.53 Å². The summed E-state index contributed by atoms with van der Waals surface area (Å²) in [6.07, 6.45) is 7.30. The van der Waals surface area contributed by atoms with Crippen LogP contribution in [-0.4, -0.2) is 39.9 Å². The van der Waals surface area contributed by atoms with Crippen LogP contribution >= 0.6 is 0 Å². The fraction of sp³-hybridized carbons (Fsp3) is 0.364. The first kappa shape index (κ1) is 19.9. The third kappa shape index (κ3) is 4.27. The molecule has 0 saturated heterocycles. The molecule has 0 aliphatic heterocycles. The minimum atomic E-state index is -0.229. The van der Waals surface area contributed by atoms with Crippen LogP contribution in [0.1, 0.15) is 37.7 Å². The Kier molecular flexibility index (Phi) is 5.92. The van der Waals surface area contributed by atoms with Crippen molar-refractivity contribution in [2.45, 2.75) is 37.5 Å². The topological polar surface area (TPSA) is 94.0 Å². The monoisotopic (exact) mass is 406 g/mol. The molecule has 2 N–H and O–H groups in total. The van der Waals surface area contributed by atoms with Crippen molar-refractivity contribution in [2.75, 3.05) is 19.0 Å². The van der Waals surface area contributed by atoms with Crippen molar-refractivity contribution in [3.8, 4) is 11.4 Å². The zero-order valence-electron chi connectivity index (χ0n) is 17.0. The summed E-state index contributed by atoms with van der Waals surface area (Å²) in [5, 5.41) is 17.2. The molecule has 1 heterocycles. The second-order valence-electron chi connectivity index (χ2n) is 7.66. The van der Waals surface area contributed by atoms with Crippen molar-refractivity contribution in [3.63, 3.8) is 0 Å². The van der Waals surface area contributed by atoms with Gasteiger partial charge in [-0.25, -0.2) is 4.79 Å². The van der Waals surface area contributed by atoms with Gasteiger partial charge in [0.05, 0.1) is 7.11 Å². The van der Waals surface area contributed by atoms with Crippen LogP contribution in [0.4, 0.5) is 10.5 Å². The number of hydrogen-bond donors (Lipinski definition) is 2. The van der Waals surface area contributed by atoms with Crippen LogP contribution in [0.15, 0.2) is 54.9 Å². The summed E-state index contributed by atoms with van der Waals surface area (Å²) in [4.78, 5) is 12.6. The molecule has 0 unspecified atom stereocenters. The Bertz CT molecular complexity index is 969. The number of rotatable bonds is 6. The fourth-order valence-corrected chi connectivity index (χ4v) is 4.23. The second kappa shape index (κ2) is 8.94. The van der Waals surface area contributed by atoms with E-state index in [0.717, 1.165) is 12.8 Å². The highest BCUT2D eigenvalue weighted by molar-refractivity contribution is 5.89. The molecule has 0 bridgehead atoms. The van der Waals surface area contributed by atoms with Crippen LogP contribution in [0.3, 0.4) is 0 Å². The summed E-state index contributed by atoms with van der Waals surface area (Å²) in [7, 11) is 1.57. The van der Waals surface area contributed by atoms with Gasteiger partial charge in [0.2, 0.25) is 0 Å². The first-order valence-electron chi connectivity index (χ1n) is 10.2. The van der Waals surface area contributed by atoms with Gasteiger partial charge in [-0.2, -0.15) is 4.68 Å². The average Bonchev–Trinajstić information content (AvgIpc) is 3.33. The van der Waals surface area contributed by atoms with Crippen molar-refractivity contribution in [1.82, 2.24) is 25.5 Å². The minimum absolute atomic E-state index is 0.00150. The Morgan fingerprint density at radius 3 is 2.63 bits per heavy atom. The molecule has 3 aromatic rings. The molecule has 8 nitrogen and oxygen atoms in total. The number of carbonyl (C=O) groups is 1. The quantitative estimate of drug-likeness (QED) is 0.651. The lowest BCUT2D eigenvalue weighted by atomic mass is 9.69. The molecule has 2 amide bonds. The predicted molar refractivity (Wildman–Crippen MR) is 114 cm³/mol. The first-order chi connectivity index (χ1) is 14.7. The molecule has 0 spiro atoms. The van der Waals surface area contributed by atoms with E-state index in [-0.39, 0.29) is 11.4 Å². The van der Waals surface area contributed by atoms with Gasteiger partial charge in [-0.15, -0.1) is 5.10 Å². The maximum Gasteiger partial charge on any atom is 0.319 e. The zero-order chi connectivity index (χ0) is 20.8. The number of carbonyl (C=O) groups excluding carboxylic acids is 1. The number of benzene rings is 2. The lowest BCUT2D eigenvalue weighted by Crippen LogP contribution is -2.43. The number of hydrogen-bond acceptors (Lipinski definition) is 5. The van der Waals surface area contributed by atoms with Crippen LogP contribution in [-0.2, 0) is 5.41 Å². The Balaban J connectivity index is 1.44. The summed E-state index contributed by atoms with van der Waals surface area (Å²) in [6, 6.07) is 15.7. The van der Waals surface area contributed by atoms with Gasteiger partial charge in [0.1, 0.15) is 17.8 Å². The van der Waals surface area contributed by atoms with Gasteiger partial charge in [-0.05, 0) is 41.0 Å². The van der Waals surface area contributed by atoms with Crippen molar-refractivity contribution in [3.05, 3.63) is 60.4 Å². The predicted octanol–water partition coefficient (Wildman–Crippen LogP) is 3.69. The highest BCUT2D eigenvalue weighted by atomic mass is 16.5. The fourth-order valence-electron chi connectivity index (χ4n) is 4.23. The largest absolute Gasteiger partial charge is 0.494 e. The van der Waals surface area contributed by atoms with Gasteiger partial charge in [0, 0.05) is 23.7 Å². The summed E-state index contributed by atoms with van der Waals surface area (Å²) in [6.45, 7) is 0.614. The Labute approximate surface area is 175 Å². The van der Waals surface area contributed by atoms with Crippen LogP contribution in [0, 0.1) is 0 Å². The standard InChI is InChI=1S/C22H26N6O2/c1-30-20-14-18(10-11-19(20)28-16-24-26-27-28)25-21(29)23-15-22(12-6-3-7-13-22)17-8-4-2-5-9-17/h2,4-5,8-11,14,16H,3,6-7,12-13,15H2,1H3,(H2,23,25,29). The number of aromatic nitrogens is 4. The summed E-state index contributed by atoms with van der Waals surface area (Å²) in [5.41, 5.74) is 2.63. The zero-order valence-corrected chi connectivity index (χ0v) is 17.0. The van der Waals surface area contributed by atoms with E-state index in [0.29, 0.717) is 23.7 Å². The molecule has 8 heteroatoms. The molecular formula is C22H26N6O2. The number of nitrogens with zero attached hydrogens (tertiary/aromatic N) is 4. The van der Waals surface area contributed by atoms with E-state index in [9.17, 15) is 4.79 Å². The molecule has 4 rings (SSSR count). The second-order valence-corrected chi connectivity index (χ2v) is 7.66. The summed E-state index contributed by atoms with van der Waals surface area (Å²) in [5.74, 6) is 0.563. The maximum atomic E-state index is 12.6. The van der Waals surface area contributed by atoms with Gasteiger partial charge in [-0.3, -0.25) is 0 Å². The van der Waals surface area contributed by atoms with E-state index < -0.39 is 0 Å².